The van der Waals surface area contributed by atoms with Crippen LogP contribution in [-0.4, -0.2) is 50.7 Å². The van der Waals surface area contributed by atoms with Gasteiger partial charge in [0, 0.05) is 22.3 Å². The predicted octanol–water partition coefficient (Wildman–Crippen LogP) is -4.52. The van der Waals surface area contributed by atoms with Crippen LogP contribution in [0.2, 0.25) is 0 Å². The third-order valence-electron chi connectivity index (χ3n) is 3.44. The number of ether oxygens (including phenoxy) is 2. The second-order valence-electron chi connectivity index (χ2n) is 5.54. The van der Waals surface area contributed by atoms with Crippen molar-refractivity contribution in [2.75, 3.05) is 24.7 Å². The first-order valence-corrected chi connectivity index (χ1v) is 11.0. The molecule has 2 rings (SSSR count). The SMILES string of the molecule is O=S(=O)([O-])CCCOc1ccc(OCCCS(=O)(=O)[O-])c2ccccc12.[Na+].[Na+]. The Morgan fingerprint density at radius 3 is 1.36 bits per heavy atom. The monoisotopic (exact) mass is 448 g/mol. The quantitative estimate of drug-likeness (QED) is 0.202. The van der Waals surface area contributed by atoms with Crippen molar-refractivity contribution in [3.05, 3.63) is 36.4 Å². The molecule has 144 valence electrons. The van der Waals surface area contributed by atoms with Gasteiger partial charge in [0.05, 0.1) is 33.5 Å². The van der Waals surface area contributed by atoms with E-state index in [0.29, 0.717) is 11.5 Å². The van der Waals surface area contributed by atoms with Crippen LogP contribution in [0.15, 0.2) is 36.4 Å². The molecule has 8 nitrogen and oxygen atoms in total. The third-order valence-corrected chi connectivity index (χ3v) is 5.01. The number of hydrogen-bond acceptors (Lipinski definition) is 8. The van der Waals surface area contributed by atoms with Crippen molar-refractivity contribution in [2.24, 2.45) is 0 Å². The molecule has 2 aromatic carbocycles. The average molecular weight is 448 g/mol. The maximum Gasteiger partial charge on any atom is 1.00 e. The second-order valence-corrected chi connectivity index (χ2v) is 8.58. The molecule has 0 unspecified atom stereocenters. The molecule has 0 atom stereocenters. The summed E-state index contributed by atoms with van der Waals surface area (Å²) in [5.74, 6) is 0.0421. The van der Waals surface area contributed by atoms with Crippen LogP contribution in [0, 0.1) is 0 Å². The van der Waals surface area contributed by atoms with Crippen LogP contribution in [0.3, 0.4) is 0 Å². The van der Waals surface area contributed by atoms with Gasteiger partial charge in [-0.3, -0.25) is 0 Å². The van der Waals surface area contributed by atoms with Crippen molar-refractivity contribution in [3.8, 4) is 11.5 Å². The normalized spacial score (nSPS) is 11.4. The van der Waals surface area contributed by atoms with Crippen molar-refractivity contribution in [1.29, 1.82) is 0 Å². The molecule has 2 aromatic rings. The summed E-state index contributed by atoms with van der Waals surface area (Å²) in [5, 5.41) is 1.46. The van der Waals surface area contributed by atoms with Crippen LogP contribution in [-0.2, 0) is 20.2 Å². The van der Waals surface area contributed by atoms with Crippen LogP contribution in [0.5, 0.6) is 11.5 Å². The van der Waals surface area contributed by atoms with Gasteiger partial charge in [0.25, 0.3) is 0 Å². The van der Waals surface area contributed by atoms with E-state index in [9.17, 15) is 25.9 Å². The van der Waals surface area contributed by atoms with E-state index < -0.39 is 31.7 Å². The molecular formula is C16H18Na2O8S2. The van der Waals surface area contributed by atoms with Gasteiger partial charge in [-0.05, 0) is 25.0 Å². The van der Waals surface area contributed by atoms with E-state index in [1.54, 1.807) is 36.4 Å². The van der Waals surface area contributed by atoms with E-state index in [1.165, 1.54) is 0 Å². The van der Waals surface area contributed by atoms with Crippen molar-refractivity contribution < 1.29 is 94.5 Å². The minimum atomic E-state index is -4.27. The Morgan fingerprint density at radius 1 is 0.679 bits per heavy atom. The molecule has 0 saturated carbocycles. The van der Waals surface area contributed by atoms with Gasteiger partial charge in [0.15, 0.2) is 0 Å². The molecule has 0 aliphatic rings. The van der Waals surface area contributed by atoms with Gasteiger partial charge in [0.1, 0.15) is 11.5 Å². The zero-order valence-electron chi connectivity index (χ0n) is 15.8. The molecule has 12 heteroatoms. The summed E-state index contributed by atoms with van der Waals surface area (Å²) in [7, 11) is -8.53. The first kappa shape index (κ1) is 28.1. The average Bonchev–Trinajstić information content (AvgIpc) is 2.54. The molecule has 0 aliphatic heterocycles. The molecule has 0 amide bonds. The molecule has 0 bridgehead atoms. The van der Waals surface area contributed by atoms with E-state index in [1.807, 2.05) is 0 Å². The molecule has 0 aliphatic carbocycles. The van der Waals surface area contributed by atoms with Crippen molar-refractivity contribution >= 4 is 31.0 Å². The van der Waals surface area contributed by atoms with Gasteiger partial charge in [0.2, 0.25) is 0 Å². The third kappa shape index (κ3) is 10.2. The second kappa shape index (κ2) is 12.7. The summed E-state index contributed by atoms with van der Waals surface area (Å²) in [6.07, 6.45) is 0.171. The largest absolute Gasteiger partial charge is 1.00 e. The number of hydrogen-bond donors (Lipinski definition) is 0. The maximum atomic E-state index is 10.6. The van der Waals surface area contributed by atoms with Gasteiger partial charge in [-0.25, -0.2) is 16.8 Å². The Bertz CT molecular complexity index is 883. The summed E-state index contributed by atoms with van der Waals surface area (Å²) in [6, 6.07) is 10.5. The Labute approximate surface area is 209 Å². The summed E-state index contributed by atoms with van der Waals surface area (Å²) >= 11 is 0. The fraction of sp³-hybridized carbons (Fsp3) is 0.375. The fourth-order valence-corrected chi connectivity index (χ4v) is 3.27. The van der Waals surface area contributed by atoms with E-state index in [0.717, 1.165) is 10.8 Å². The Kier molecular flexibility index (Phi) is 12.8. The smallest absolute Gasteiger partial charge is 0.748 e. The molecule has 0 aromatic heterocycles. The first-order valence-electron chi connectivity index (χ1n) is 7.80. The maximum absolute atomic E-state index is 10.6. The predicted molar refractivity (Wildman–Crippen MR) is 93.3 cm³/mol. The standard InChI is InChI=1S/C16H20O8S2.2Na/c17-25(18,19)11-3-9-23-15-7-8-16(14-6-2-1-5-13(14)15)24-10-4-12-26(20,21)22;;/h1-2,5-8H,3-4,9-12H2,(H,17,18,19)(H,20,21,22);;/q;2*+1/p-2. The zero-order valence-corrected chi connectivity index (χ0v) is 21.4. The number of fused-ring (bicyclic) bond motifs is 1. The molecule has 0 N–H and O–H groups in total. The van der Waals surface area contributed by atoms with Crippen LogP contribution in [0.4, 0.5) is 0 Å². The minimum Gasteiger partial charge on any atom is -0.748 e. The van der Waals surface area contributed by atoms with Gasteiger partial charge >= 0.3 is 59.1 Å². The summed E-state index contributed by atoms with van der Waals surface area (Å²) in [6.45, 7) is 0.153. The summed E-state index contributed by atoms with van der Waals surface area (Å²) in [5.41, 5.74) is 0. The molecule has 0 saturated heterocycles. The van der Waals surface area contributed by atoms with Crippen molar-refractivity contribution in [2.45, 2.75) is 12.8 Å². The first-order chi connectivity index (χ1) is 12.2. The van der Waals surface area contributed by atoms with E-state index >= 15 is 0 Å². The topological polar surface area (TPSA) is 133 Å². The van der Waals surface area contributed by atoms with Crippen LogP contribution in [0.1, 0.15) is 12.8 Å². The van der Waals surface area contributed by atoms with Crippen LogP contribution in [0.25, 0.3) is 10.8 Å². The molecule has 0 radical (unpaired) electrons. The van der Waals surface area contributed by atoms with Crippen molar-refractivity contribution in [1.82, 2.24) is 0 Å². The zero-order chi connectivity index (χ0) is 19.2. The Balaban J connectivity index is 0.00000364. The fourth-order valence-electron chi connectivity index (χ4n) is 2.33. The van der Waals surface area contributed by atoms with Crippen LogP contribution < -0.4 is 68.6 Å². The molecule has 0 heterocycles. The van der Waals surface area contributed by atoms with Crippen LogP contribution >= 0.6 is 0 Å². The number of benzene rings is 2. The number of rotatable bonds is 10. The molecular weight excluding hydrogens is 430 g/mol. The van der Waals surface area contributed by atoms with Gasteiger partial charge in [-0.2, -0.15) is 0 Å². The summed E-state index contributed by atoms with van der Waals surface area (Å²) < 4.78 is 74.7. The van der Waals surface area contributed by atoms with E-state index in [-0.39, 0.29) is 85.2 Å². The molecule has 0 spiro atoms. The Morgan fingerprint density at radius 2 is 1.04 bits per heavy atom. The molecule has 28 heavy (non-hydrogen) atoms. The van der Waals surface area contributed by atoms with Gasteiger partial charge in [-0.1, -0.05) is 24.3 Å². The van der Waals surface area contributed by atoms with E-state index in [2.05, 4.69) is 0 Å². The van der Waals surface area contributed by atoms with Gasteiger partial charge in [-0.15, -0.1) is 0 Å². The molecule has 0 fully saturated rings. The minimum absolute atomic E-state index is 0. The van der Waals surface area contributed by atoms with Crippen molar-refractivity contribution in [3.63, 3.8) is 0 Å². The Hall–Kier alpha value is 0.120. The van der Waals surface area contributed by atoms with Gasteiger partial charge < -0.3 is 18.6 Å². The summed E-state index contributed by atoms with van der Waals surface area (Å²) in [4.78, 5) is 0. The van der Waals surface area contributed by atoms with E-state index in [4.69, 9.17) is 9.47 Å².